The minimum Gasteiger partial charge on any atom is -0.355 e. The zero-order chi connectivity index (χ0) is 21.6. The van der Waals surface area contributed by atoms with Crippen LogP contribution in [0.3, 0.4) is 0 Å². The maximum atomic E-state index is 13.0. The Morgan fingerprint density at radius 1 is 1.03 bits per heavy atom. The average Bonchev–Trinajstić information content (AvgIpc) is 2.72. The molecule has 2 aromatic carbocycles. The quantitative estimate of drug-likeness (QED) is 0.656. The molecule has 0 radical (unpaired) electrons. The largest absolute Gasteiger partial charge is 0.355 e. The molecule has 1 saturated heterocycles. The zero-order valence-electron chi connectivity index (χ0n) is 17.8. The molecule has 0 aliphatic carbocycles. The van der Waals surface area contributed by atoms with Gasteiger partial charge in [0.05, 0.1) is 6.54 Å². The molecule has 3 rings (SSSR count). The van der Waals surface area contributed by atoms with E-state index < -0.39 is 10.2 Å². The first-order valence-electron chi connectivity index (χ1n) is 10.5. The van der Waals surface area contributed by atoms with Gasteiger partial charge in [-0.25, -0.2) is 0 Å². The lowest BCUT2D eigenvalue weighted by Gasteiger charge is -2.34. The van der Waals surface area contributed by atoms with Crippen molar-refractivity contribution in [2.45, 2.75) is 39.7 Å². The summed E-state index contributed by atoms with van der Waals surface area (Å²) in [6, 6.07) is 16.2. The molecule has 1 N–H and O–H groups in total. The fourth-order valence-corrected chi connectivity index (χ4v) is 5.31. The summed E-state index contributed by atoms with van der Waals surface area (Å²) >= 11 is 0. The Labute approximate surface area is 180 Å². The summed E-state index contributed by atoms with van der Waals surface area (Å²) in [5, 5.41) is 2.86. The van der Waals surface area contributed by atoms with Crippen LogP contribution >= 0.6 is 0 Å². The van der Waals surface area contributed by atoms with Gasteiger partial charge in [-0.1, -0.05) is 54.1 Å². The zero-order valence-corrected chi connectivity index (χ0v) is 18.6. The Kier molecular flexibility index (Phi) is 7.64. The topological polar surface area (TPSA) is 69.7 Å². The fraction of sp³-hybridized carbons (Fsp3) is 0.435. The van der Waals surface area contributed by atoms with E-state index in [9.17, 15) is 13.2 Å². The smallest absolute Gasteiger partial charge is 0.282 e. The van der Waals surface area contributed by atoms with Gasteiger partial charge < -0.3 is 5.32 Å². The summed E-state index contributed by atoms with van der Waals surface area (Å²) in [6.07, 6.45) is 2.42. The second-order valence-corrected chi connectivity index (χ2v) is 9.83. The van der Waals surface area contributed by atoms with Gasteiger partial charge in [-0.3, -0.25) is 4.79 Å². The lowest BCUT2D eigenvalue weighted by molar-refractivity contribution is -0.121. The summed E-state index contributed by atoms with van der Waals surface area (Å²) in [5.74, 6) is -0.250. The second-order valence-electron chi connectivity index (χ2n) is 7.90. The van der Waals surface area contributed by atoms with Gasteiger partial charge in [-0.05, 0) is 49.8 Å². The third-order valence-corrected chi connectivity index (χ3v) is 7.37. The molecular formula is C23H31N3O3S. The van der Waals surface area contributed by atoms with E-state index in [0.29, 0.717) is 32.6 Å². The highest BCUT2D eigenvalue weighted by atomic mass is 32.2. The van der Waals surface area contributed by atoms with Crippen molar-refractivity contribution < 1.29 is 13.2 Å². The van der Waals surface area contributed by atoms with Gasteiger partial charge in [0.1, 0.15) is 0 Å². The molecule has 0 saturated carbocycles. The van der Waals surface area contributed by atoms with E-state index in [2.05, 4.69) is 17.4 Å². The van der Waals surface area contributed by atoms with Crippen LogP contribution in [-0.4, -0.2) is 49.1 Å². The Bertz CT molecular complexity index is 961. The normalized spacial score (nSPS) is 17.0. The number of aryl methyl sites for hydroxylation is 3. The highest BCUT2D eigenvalue weighted by Crippen LogP contribution is 2.21. The van der Waals surface area contributed by atoms with E-state index in [1.165, 1.54) is 14.2 Å². The number of carbonyl (C=O) groups excluding carboxylic acids is 1. The second kappa shape index (κ2) is 10.2. The third kappa shape index (κ3) is 5.90. The molecule has 162 valence electrons. The van der Waals surface area contributed by atoms with Crippen LogP contribution in [0.2, 0.25) is 0 Å². The highest BCUT2D eigenvalue weighted by Gasteiger charge is 2.34. The molecule has 1 fully saturated rings. The van der Waals surface area contributed by atoms with Crippen molar-refractivity contribution in [2.24, 2.45) is 0 Å². The number of carbonyl (C=O) groups is 1. The van der Waals surface area contributed by atoms with Crippen LogP contribution < -0.4 is 5.32 Å². The molecule has 1 amide bonds. The molecule has 0 atom stereocenters. The van der Waals surface area contributed by atoms with E-state index in [1.54, 1.807) is 0 Å². The maximum absolute atomic E-state index is 13.0. The molecule has 0 bridgehead atoms. The fourth-order valence-electron chi connectivity index (χ4n) is 3.68. The van der Waals surface area contributed by atoms with Crippen LogP contribution in [0.25, 0.3) is 0 Å². The highest BCUT2D eigenvalue weighted by molar-refractivity contribution is 7.86. The first-order chi connectivity index (χ1) is 14.4. The maximum Gasteiger partial charge on any atom is 0.282 e. The monoisotopic (exact) mass is 429 g/mol. The first-order valence-corrected chi connectivity index (χ1v) is 11.9. The third-order valence-electron chi connectivity index (χ3n) is 5.45. The van der Waals surface area contributed by atoms with E-state index in [1.807, 2.05) is 50.2 Å². The van der Waals surface area contributed by atoms with Crippen molar-refractivity contribution in [1.82, 2.24) is 13.9 Å². The van der Waals surface area contributed by atoms with Crippen LogP contribution in [0.1, 0.15) is 35.1 Å². The van der Waals surface area contributed by atoms with Gasteiger partial charge in [-0.2, -0.15) is 17.0 Å². The summed E-state index contributed by atoms with van der Waals surface area (Å²) in [5.41, 5.74) is 4.42. The summed E-state index contributed by atoms with van der Waals surface area (Å²) < 4.78 is 28.9. The molecular weight excluding hydrogens is 398 g/mol. The van der Waals surface area contributed by atoms with Crippen molar-refractivity contribution in [1.29, 1.82) is 0 Å². The summed E-state index contributed by atoms with van der Waals surface area (Å²) in [7, 11) is -3.65. The van der Waals surface area contributed by atoms with Gasteiger partial charge in [0.15, 0.2) is 0 Å². The van der Waals surface area contributed by atoms with Gasteiger partial charge in [0.2, 0.25) is 5.91 Å². The minimum absolute atomic E-state index is 0.128. The molecule has 0 aromatic heterocycles. The van der Waals surface area contributed by atoms with Gasteiger partial charge >= 0.3 is 0 Å². The number of benzene rings is 2. The molecule has 2 aromatic rings. The molecule has 1 aliphatic heterocycles. The number of hydrogen-bond acceptors (Lipinski definition) is 3. The summed E-state index contributed by atoms with van der Waals surface area (Å²) in [6.45, 7) is 5.60. The molecule has 6 nitrogen and oxygen atoms in total. The molecule has 0 unspecified atom stereocenters. The van der Waals surface area contributed by atoms with E-state index in [4.69, 9.17) is 0 Å². The van der Waals surface area contributed by atoms with Crippen LogP contribution in [0.15, 0.2) is 48.5 Å². The predicted molar refractivity (Wildman–Crippen MR) is 119 cm³/mol. The van der Waals surface area contributed by atoms with Crippen molar-refractivity contribution in [3.63, 3.8) is 0 Å². The standard InChI is InChI=1S/C23H31N3O3S/c1-19-11-12-20(2)22(16-19)17-25-14-7-15-26(30(25,28)29)18-23(27)24-13-6-10-21-8-4-3-5-9-21/h3-5,8-9,11-12,16H,6-7,10,13-15,17-18H2,1-2H3,(H,24,27). The van der Waals surface area contributed by atoms with Crippen molar-refractivity contribution in [3.8, 4) is 0 Å². The van der Waals surface area contributed by atoms with Crippen molar-refractivity contribution >= 4 is 16.1 Å². The van der Waals surface area contributed by atoms with Crippen LogP contribution in [-0.2, 0) is 28.0 Å². The van der Waals surface area contributed by atoms with E-state index in [-0.39, 0.29) is 12.5 Å². The average molecular weight is 430 g/mol. The first kappa shape index (κ1) is 22.5. The lowest BCUT2D eigenvalue weighted by Crippen LogP contribution is -2.52. The molecule has 30 heavy (non-hydrogen) atoms. The lowest BCUT2D eigenvalue weighted by atomic mass is 10.1. The minimum atomic E-state index is -3.65. The Balaban J connectivity index is 1.52. The number of nitrogens with zero attached hydrogens (tertiary/aromatic N) is 2. The van der Waals surface area contributed by atoms with Crippen molar-refractivity contribution in [3.05, 3.63) is 70.8 Å². The number of amides is 1. The van der Waals surface area contributed by atoms with Gasteiger partial charge in [-0.15, -0.1) is 0 Å². The molecule has 1 heterocycles. The van der Waals surface area contributed by atoms with E-state index in [0.717, 1.165) is 29.5 Å². The summed E-state index contributed by atoms with van der Waals surface area (Å²) in [4.78, 5) is 12.3. The Hall–Kier alpha value is -2.22. The Morgan fingerprint density at radius 2 is 1.77 bits per heavy atom. The van der Waals surface area contributed by atoms with Crippen LogP contribution in [0.5, 0.6) is 0 Å². The Morgan fingerprint density at radius 3 is 2.53 bits per heavy atom. The van der Waals surface area contributed by atoms with Crippen LogP contribution in [0.4, 0.5) is 0 Å². The number of rotatable bonds is 8. The van der Waals surface area contributed by atoms with Gasteiger partial charge in [0.25, 0.3) is 10.2 Å². The molecule has 1 aliphatic rings. The van der Waals surface area contributed by atoms with Gasteiger partial charge in [0, 0.05) is 26.2 Å². The number of nitrogens with one attached hydrogen (secondary N) is 1. The predicted octanol–water partition coefficient (Wildman–Crippen LogP) is 2.80. The van der Waals surface area contributed by atoms with Crippen LogP contribution in [0, 0.1) is 13.8 Å². The van der Waals surface area contributed by atoms with E-state index >= 15 is 0 Å². The SMILES string of the molecule is Cc1ccc(C)c(CN2CCCN(CC(=O)NCCCc3ccccc3)S2(=O)=O)c1. The van der Waals surface area contributed by atoms with Crippen molar-refractivity contribution in [2.75, 3.05) is 26.2 Å². The molecule has 0 spiro atoms. The number of hydrogen-bond donors (Lipinski definition) is 1. The molecule has 7 heteroatoms.